The molecule has 1 aliphatic rings. The molecular weight excluding hydrogens is 348 g/mol. The first-order valence-electron chi connectivity index (χ1n) is 9.05. The fraction of sp³-hybridized carbons (Fsp3) is 0.450. The van der Waals surface area contributed by atoms with Crippen LogP contribution in [0.4, 0.5) is 0 Å². The number of nitrogens with one attached hydrogen (secondary N) is 1. The lowest BCUT2D eigenvalue weighted by molar-refractivity contribution is -0.128. The molecule has 5 nitrogen and oxygen atoms in total. The number of nitrogens with zero attached hydrogens (tertiary/aromatic N) is 1. The lowest BCUT2D eigenvalue weighted by atomic mass is 10.00. The molecule has 3 rings (SSSR count). The molecule has 6 heteroatoms. The molecule has 140 valence electrons. The van der Waals surface area contributed by atoms with Crippen molar-refractivity contribution in [1.82, 2.24) is 10.2 Å². The van der Waals surface area contributed by atoms with Crippen LogP contribution in [-0.2, 0) is 17.8 Å². The number of aliphatic hydroxyl groups is 1. The Morgan fingerprint density at radius 3 is 3.04 bits per heavy atom. The van der Waals surface area contributed by atoms with Crippen LogP contribution in [0.5, 0.6) is 5.75 Å². The molecule has 2 unspecified atom stereocenters. The molecule has 0 saturated heterocycles. The third-order valence-corrected chi connectivity index (χ3v) is 5.62. The van der Waals surface area contributed by atoms with Gasteiger partial charge in [-0.2, -0.15) is 0 Å². The molecule has 0 saturated carbocycles. The number of hydrogen-bond acceptors (Lipinski definition) is 5. The molecule has 0 bridgehead atoms. The molecule has 2 heterocycles. The van der Waals surface area contributed by atoms with E-state index < -0.39 is 6.04 Å². The van der Waals surface area contributed by atoms with Gasteiger partial charge in [0.25, 0.3) is 0 Å². The zero-order valence-electron chi connectivity index (χ0n) is 15.3. The Morgan fingerprint density at radius 1 is 1.42 bits per heavy atom. The maximum Gasteiger partial charge on any atom is 0.242 e. The summed E-state index contributed by atoms with van der Waals surface area (Å²) >= 11 is 1.79. The second kappa shape index (κ2) is 8.66. The lowest BCUT2D eigenvalue weighted by Gasteiger charge is -2.34. The van der Waals surface area contributed by atoms with E-state index >= 15 is 0 Å². The highest BCUT2D eigenvalue weighted by atomic mass is 32.1. The zero-order valence-corrected chi connectivity index (χ0v) is 16.1. The number of rotatable bonds is 7. The van der Waals surface area contributed by atoms with Gasteiger partial charge < -0.3 is 15.2 Å². The Bertz CT molecular complexity index is 746. The Morgan fingerprint density at radius 2 is 2.27 bits per heavy atom. The first-order chi connectivity index (χ1) is 12.6. The van der Waals surface area contributed by atoms with Gasteiger partial charge in [-0.05, 0) is 55.0 Å². The molecule has 1 amide bonds. The summed E-state index contributed by atoms with van der Waals surface area (Å²) in [5, 5.41) is 14.4. The van der Waals surface area contributed by atoms with E-state index in [-0.39, 0.29) is 18.6 Å². The minimum Gasteiger partial charge on any atom is -0.494 e. The molecule has 0 aliphatic carbocycles. The van der Waals surface area contributed by atoms with Gasteiger partial charge in [-0.3, -0.25) is 9.69 Å². The highest BCUT2D eigenvalue weighted by Crippen LogP contribution is 2.32. The monoisotopic (exact) mass is 374 g/mol. The first-order valence-corrected chi connectivity index (χ1v) is 9.93. The third-order valence-electron chi connectivity index (χ3n) is 4.60. The molecule has 0 fully saturated rings. The predicted molar refractivity (Wildman–Crippen MR) is 103 cm³/mol. The Hall–Kier alpha value is -1.89. The molecule has 1 aliphatic heterocycles. The van der Waals surface area contributed by atoms with Crippen LogP contribution in [0.2, 0.25) is 0 Å². The molecule has 1 aromatic carbocycles. The average molecular weight is 375 g/mol. The van der Waals surface area contributed by atoms with E-state index in [1.54, 1.807) is 18.3 Å². The fourth-order valence-corrected chi connectivity index (χ4v) is 4.22. The predicted octanol–water partition coefficient (Wildman–Crippen LogP) is 2.74. The Balaban J connectivity index is 1.89. The summed E-state index contributed by atoms with van der Waals surface area (Å²) in [6.45, 7) is 5.85. The van der Waals surface area contributed by atoms with Crippen molar-refractivity contribution in [2.24, 2.45) is 0 Å². The molecule has 26 heavy (non-hydrogen) atoms. The minimum absolute atomic E-state index is 0.0773. The van der Waals surface area contributed by atoms with Crippen molar-refractivity contribution in [1.29, 1.82) is 0 Å². The summed E-state index contributed by atoms with van der Waals surface area (Å²) in [7, 11) is 0. The third kappa shape index (κ3) is 4.26. The molecule has 1 aromatic heterocycles. The van der Waals surface area contributed by atoms with E-state index in [1.807, 2.05) is 31.2 Å². The van der Waals surface area contributed by atoms with Crippen molar-refractivity contribution >= 4 is 17.2 Å². The normalized spacial score (nSPS) is 16.6. The van der Waals surface area contributed by atoms with Gasteiger partial charge in [-0.15, -0.1) is 11.3 Å². The molecule has 2 aromatic rings. The van der Waals surface area contributed by atoms with Gasteiger partial charge in [0.1, 0.15) is 11.8 Å². The number of carbonyl (C=O) groups is 1. The van der Waals surface area contributed by atoms with Gasteiger partial charge >= 0.3 is 0 Å². The van der Waals surface area contributed by atoms with Crippen LogP contribution >= 0.6 is 11.3 Å². The number of benzene rings is 1. The van der Waals surface area contributed by atoms with Gasteiger partial charge in [0, 0.05) is 24.0 Å². The van der Waals surface area contributed by atoms with Crippen LogP contribution in [0.25, 0.3) is 0 Å². The second-order valence-electron chi connectivity index (χ2n) is 6.59. The fourth-order valence-electron chi connectivity index (χ4n) is 3.33. The SMILES string of the molecule is CCOc1cccc(C(C(=O)NC(C)CO)N2CCc3sccc3C2)c1. The van der Waals surface area contributed by atoms with Gasteiger partial charge in [-0.1, -0.05) is 12.1 Å². The minimum atomic E-state index is -0.405. The average Bonchev–Trinajstić information content (AvgIpc) is 3.10. The smallest absolute Gasteiger partial charge is 0.242 e. The van der Waals surface area contributed by atoms with Crippen LogP contribution in [-0.4, -0.2) is 41.7 Å². The Labute approximate surface area is 158 Å². The van der Waals surface area contributed by atoms with Crippen LogP contribution in [0, 0.1) is 0 Å². The largest absolute Gasteiger partial charge is 0.494 e. The van der Waals surface area contributed by atoms with Gasteiger partial charge in [0.05, 0.1) is 13.2 Å². The van der Waals surface area contributed by atoms with Gasteiger partial charge in [-0.25, -0.2) is 0 Å². The summed E-state index contributed by atoms with van der Waals surface area (Å²) in [4.78, 5) is 16.6. The molecular formula is C20H26N2O3S. The van der Waals surface area contributed by atoms with Crippen LogP contribution in [0.1, 0.15) is 35.9 Å². The highest BCUT2D eigenvalue weighted by Gasteiger charge is 2.31. The summed E-state index contributed by atoms with van der Waals surface area (Å²) in [5.41, 5.74) is 2.22. The number of carbonyl (C=O) groups excluding carboxylic acids is 1. The van der Waals surface area contributed by atoms with E-state index in [0.717, 1.165) is 30.8 Å². The number of amides is 1. The van der Waals surface area contributed by atoms with Crippen molar-refractivity contribution in [2.75, 3.05) is 19.8 Å². The number of fused-ring (bicyclic) bond motifs is 1. The topological polar surface area (TPSA) is 61.8 Å². The Kier molecular flexibility index (Phi) is 6.29. The highest BCUT2D eigenvalue weighted by molar-refractivity contribution is 7.10. The van der Waals surface area contributed by atoms with Gasteiger partial charge in [0.15, 0.2) is 0 Å². The van der Waals surface area contributed by atoms with Crippen LogP contribution in [0.3, 0.4) is 0 Å². The molecule has 2 atom stereocenters. The zero-order chi connectivity index (χ0) is 18.5. The first kappa shape index (κ1) is 18.9. The summed E-state index contributed by atoms with van der Waals surface area (Å²) in [6, 6.07) is 9.22. The number of hydrogen-bond donors (Lipinski definition) is 2. The molecule has 0 radical (unpaired) electrons. The molecule has 2 N–H and O–H groups in total. The van der Waals surface area contributed by atoms with Crippen LogP contribution in [0.15, 0.2) is 35.7 Å². The summed E-state index contributed by atoms with van der Waals surface area (Å²) < 4.78 is 5.62. The quantitative estimate of drug-likeness (QED) is 0.782. The maximum atomic E-state index is 13.0. The second-order valence-corrected chi connectivity index (χ2v) is 7.59. The standard InChI is InChI=1S/C20H26N2O3S/c1-3-25-17-6-4-5-15(11-17)19(20(24)21-14(2)13-23)22-9-7-18-16(12-22)8-10-26-18/h4-6,8,10-11,14,19,23H,3,7,9,12-13H2,1-2H3,(H,21,24). The van der Waals surface area contributed by atoms with Crippen molar-refractivity contribution in [2.45, 2.75) is 38.9 Å². The molecule has 0 spiro atoms. The maximum absolute atomic E-state index is 13.0. The number of thiophene rings is 1. The van der Waals surface area contributed by atoms with E-state index in [1.165, 1.54) is 10.4 Å². The van der Waals surface area contributed by atoms with E-state index in [4.69, 9.17) is 4.74 Å². The van der Waals surface area contributed by atoms with E-state index in [9.17, 15) is 9.90 Å². The van der Waals surface area contributed by atoms with Crippen molar-refractivity contribution in [3.05, 3.63) is 51.7 Å². The van der Waals surface area contributed by atoms with E-state index in [0.29, 0.717) is 6.61 Å². The van der Waals surface area contributed by atoms with Crippen LogP contribution < -0.4 is 10.1 Å². The lowest BCUT2D eigenvalue weighted by Crippen LogP contribution is -2.46. The summed E-state index contributed by atoms with van der Waals surface area (Å²) in [5.74, 6) is 0.685. The van der Waals surface area contributed by atoms with Gasteiger partial charge in [0.2, 0.25) is 5.91 Å². The number of aliphatic hydroxyl groups excluding tert-OH is 1. The number of ether oxygens (including phenoxy) is 1. The van der Waals surface area contributed by atoms with Crippen molar-refractivity contribution in [3.8, 4) is 5.75 Å². The summed E-state index contributed by atoms with van der Waals surface area (Å²) in [6.07, 6.45) is 0.956. The van der Waals surface area contributed by atoms with E-state index in [2.05, 4.69) is 21.7 Å². The van der Waals surface area contributed by atoms with Crippen molar-refractivity contribution in [3.63, 3.8) is 0 Å². The van der Waals surface area contributed by atoms with Crippen molar-refractivity contribution < 1.29 is 14.6 Å².